The first kappa shape index (κ1) is 26.6. The minimum Gasteiger partial charge on any atom is -0.480 e. The molecule has 0 spiro atoms. The van der Waals surface area contributed by atoms with Crippen molar-refractivity contribution in [3.05, 3.63) is 18.2 Å². The molecule has 2 heterocycles. The van der Waals surface area contributed by atoms with Crippen LogP contribution < -0.4 is 22.1 Å². The van der Waals surface area contributed by atoms with Crippen LogP contribution >= 0.6 is 12.6 Å². The first-order valence-corrected chi connectivity index (χ1v) is 11.6. The van der Waals surface area contributed by atoms with E-state index in [-0.39, 0.29) is 12.2 Å². The molecule has 8 N–H and O–H groups in total. The van der Waals surface area contributed by atoms with Crippen LogP contribution in [0.15, 0.2) is 12.5 Å². The SMILES string of the molecule is NCCCCC(NC(=O)C(N)Cc1cnc[nH]1)C(=O)N1CCCC1C(=O)NC(CS)C(=O)O. The number of H-pyrrole nitrogens is 1. The van der Waals surface area contributed by atoms with Gasteiger partial charge in [-0.3, -0.25) is 14.4 Å². The molecule has 33 heavy (non-hydrogen) atoms. The number of thiol groups is 1. The molecule has 1 aliphatic rings. The topological polar surface area (TPSA) is 197 Å². The van der Waals surface area contributed by atoms with Crippen molar-refractivity contribution in [2.45, 2.75) is 62.7 Å². The number of carbonyl (C=O) groups excluding carboxylic acids is 3. The lowest BCUT2D eigenvalue weighted by Gasteiger charge is -2.30. The van der Waals surface area contributed by atoms with Gasteiger partial charge in [0.25, 0.3) is 0 Å². The number of hydrogen-bond donors (Lipinski definition) is 7. The molecule has 1 fully saturated rings. The van der Waals surface area contributed by atoms with Gasteiger partial charge in [0, 0.05) is 30.6 Å². The van der Waals surface area contributed by atoms with Crippen LogP contribution in [0.4, 0.5) is 0 Å². The Hall–Kier alpha value is -2.64. The molecule has 3 amide bonds. The van der Waals surface area contributed by atoms with Gasteiger partial charge in [0.1, 0.15) is 18.1 Å². The lowest BCUT2D eigenvalue weighted by molar-refractivity contribution is -0.144. The molecule has 1 aromatic heterocycles. The molecule has 1 aliphatic heterocycles. The molecule has 0 saturated carbocycles. The summed E-state index contributed by atoms with van der Waals surface area (Å²) < 4.78 is 0. The third-order valence-electron chi connectivity index (χ3n) is 5.53. The average molecular weight is 484 g/mol. The number of nitrogens with zero attached hydrogens (tertiary/aromatic N) is 2. The average Bonchev–Trinajstić information content (AvgIpc) is 3.48. The molecule has 1 saturated heterocycles. The van der Waals surface area contributed by atoms with E-state index >= 15 is 0 Å². The second-order valence-electron chi connectivity index (χ2n) is 8.00. The molecule has 4 unspecified atom stereocenters. The van der Waals surface area contributed by atoms with Crippen molar-refractivity contribution in [1.82, 2.24) is 25.5 Å². The zero-order valence-electron chi connectivity index (χ0n) is 18.4. The van der Waals surface area contributed by atoms with Gasteiger partial charge >= 0.3 is 5.97 Å². The third-order valence-corrected chi connectivity index (χ3v) is 5.89. The number of rotatable bonds is 13. The number of aromatic amines is 1. The molecule has 2 rings (SSSR count). The Labute approximate surface area is 197 Å². The van der Waals surface area contributed by atoms with E-state index in [1.54, 1.807) is 6.20 Å². The standard InChI is InChI=1S/C20H33N7O5S/c21-6-2-1-4-14(25-17(28)13(22)8-12-9-23-11-24-12)19(30)27-7-3-5-16(27)18(29)26-15(10-33)20(31)32/h9,11,13-16,33H,1-8,10,21-22H2,(H,23,24)(H,25,28)(H,26,29)(H,31,32). The number of aliphatic carboxylic acids is 1. The van der Waals surface area contributed by atoms with E-state index in [0.29, 0.717) is 50.9 Å². The monoisotopic (exact) mass is 483 g/mol. The van der Waals surface area contributed by atoms with Crippen LogP contribution in [0, 0.1) is 0 Å². The van der Waals surface area contributed by atoms with Crippen LogP contribution in [0.25, 0.3) is 0 Å². The van der Waals surface area contributed by atoms with Gasteiger partial charge in [0.15, 0.2) is 0 Å². The van der Waals surface area contributed by atoms with E-state index in [1.807, 2.05) is 0 Å². The van der Waals surface area contributed by atoms with Crippen LogP contribution in [-0.4, -0.2) is 86.7 Å². The van der Waals surface area contributed by atoms with E-state index in [4.69, 9.17) is 11.5 Å². The van der Waals surface area contributed by atoms with Gasteiger partial charge in [-0.1, -0.05) is 0 Å². The van der Waals surface area contributed by atoms with Gasteiger partial charge in [-0.2, -0.15) is 12.6 Å². The lowest BCUT2D eigenvalue weighted by Crippen LogP contribution is -2.57. The van der Waals surface area contributed by atoms with E-state index in [9.17, 15) is 24.3 Å². The van der Waals surface area contributed by atoms with Gasteiger partial charge in [-0.15, -0.1) is 0 Å². The van der Waals surface area contributed by atoms with Crippen molar-refractivity contribution in [3.8, 4) is 0 Å². The number of carboxylic acids is 1. The predicted octanol–water partition coefficient (Wildman–Crippen LogP) is -1.62. The summed E-state index contributed by atoms with van der Waals surface area (Å²) in [5.41, 5.74) is 12.3. The third kappa shape index (κ3) is 7.72. The minimum atomic E-state index is -1.20. The Morgan fingerprint density at radius 1 is 1.27 bits per heavy atom. The number of unbranched alkanes of at least 4 members (excludes halogenated alkanes) is 1. The Kier molecular flexibility index (Phi) is 10.6. The Bertz CT molecular complexity index is 807. The quantitative estimate of drug-likeness (QED) is 0.128. The number of imidazole rings is 1. The molecule has 1 aromatic rings. The number of nitrogens with two attached hydrogens (primary N) is 2. The fraction of sp³-hybridized carbons (Fsp3) is 0.650. The lowest BCUT2D eigenvalue weighted by atomic mass is 10.1. The normalized spacial score (nSPS) is 18.4. The van der Waals surface area contributed by atoms with Crippen LogP contribution in [0.1, 0.15) is 37.8 Å². The van der Waals surface area contributed by atoms with Gasteiger partial charge in [0.2, 0.25) is 17.7 Å². The summed E-state index contributed by atoms with van der Waals surface area (Å²) in [5, 5.41) is 14.3. The molecule has 0 aliphatic carbocycles. The van der Waals surface area contributed by atoms with E-state index in [1.165, 1.54) is 11.2 Å². The van der Waals surface area contributed by atoms with Gasteiger partial charge in [-0.05, 0) is 38.6 Å². The number of carboxylic acid groups (broad SMARTS) is 1. The van der Waals surface area contributed by atoms with E-state index in [0.717, 1.165) is 0 Å². The molecule has 13 heteroatoms. The van der Waals surface area contributed by atoms with Gasteiger partial charge in [0.05, 0.1) is 12.4 Å². The minimum absolute atomic E-state index is 0.0757. The number of aromatic nitrogens is 2. The Morgan fingerprint density at radius 3 is 2.64 bits per heavy atom. The molecule has 0 bridgehead atoms. The molecular weight excluding hydrogens is 450 g/mol. The molecule has 12 nitrogen and oxygen atoms in total. The highest BCUT2D eigenvalue weighted by Gasteiger charge is 2.38. The van der Waals surface area contributed by atoms with Crippen molar-refractivity contribution in [2.75, 3.05) is 18.8 Å². The maximum Gasteiger partial charge on any atom is 0.327 e. The Morgan fingerprint density at radius 2 is 2.03 bits per heavy atom. The van der Waals surface area contributed by atoms with Crippen molar-refractivity contribution in [2.24, 2.45) is 11.5 Å². The van der Waals surface area contributed by atoms with Crippen molar-refractivity contribution >= 4 is 36.3 Å². The zero-order valence-corrected chi connectivity index (χ0v) is 19.3. The van der Waals surface area contributed by atoms with Gasteiger partial charge < -0.3 is 37.1 Å². The van der Waals surface area contributed by atoms with Gasteiger partial charge in [-0.25, -0.2) is 9.78 Å². The molecule has 0 radical (unpaired) electrons. The zero-order chi connectivity index (χ0) is 24.4. The summed E-state index contributed by atoms with van der Waals surface area (Å²) in [5.74, 6) is -2.72. The van der Waals surface area contributed by atoms with Crippen LogP contribution in [0.5, 0.6) is 0 Å². The Balaban J connectivity index is 2.08. The van der Waals surface area contributed by atoms with E-state index < -0.39 is 47.9 Å². The van der Waals surface area contributed by atoms with Crippen LogP contribution in [0.3, 0.4) is 0 Å². The van der Waals surface area contributed by atoms with Crippen LogP contribution in [0.2, 0.25) is 0 Å². The highest BCUT2D eigenvalue weighted by atomic mass is 32.1. The molecule has 4 atom stereocenters. The summed E-state index contributed by atoms with van der Waals surface area (Å²) in [6, 6.07) is -3.73. The highest BCUT2D eigenvalue weighted by molar-refractivity contribution is 7.80. The summed E-state index contributed by atoms with van der Waals surface area (Å²) in [6.07, 6.45) is 5.90. The fourth-order valence-corrected chi connectivity index (χ4v) is 3.96. The predicted molar refractivity (Wildman–Crippen MR) is 123 cm³/mol. The summed E-state index contributed by atoms with van der Waals surface area (Å²) in [7, 11) is 0. The number of carbonyl (C=O) groups is 4. The second-order valence-corrected chi connectivity index (χ2v) is 8.37. The summed E-state index contributed by atoms with van der Waals surface area (Å²) in [4.78, 5) is 58.1. The number of hydrogen-bond acceptors (Lipinski definition) is 8. The van der Waals surface area contributed by atoms with Crippen molar-refractivity contribution in [1.29, 1.82) is 0 Å². The highest BCUT2D eigenvalue weighted by Crippen LogP contribution is 2.20. The number of likely N-dealkylation sites (tertiary alicyclic amines) is 1. The fourth-order valence-electron chi connectivity index (χ4n) is 3.71. The largest absolute Gasteiger partial charge is 0.480 e. The maximum absolute atomic E-state index is 13.3. The van der Waals surface area contributed by atoms with Crippen molar-refractivity contribution < 1.29 is 24.3 Å². The number of nitrogens with one attached hydrogen (secondary N) is 3. The molecular formula is C20H33N7O5S. The molecule has 184 valence electrons. The first-order chi connectivity index (χ1) is 15.8. The summed E-state index contributed by atoms with van der Waals surface area (Å²) in [6.45, 7) is 0.780. The maximum atomic E-state index is 13.3. The number of amides is 3. The van der Waals surface area contributed by atoms with E-state index in [2.05, 4.69) is 33.2 Å². The summed E-state index contributed by atoms with van der Waals surface area (Å²) >= 11 is 3.95. The van der Waals surface area contributed by atoms with Crippen LogP contribution in [-0.2, 0) is 25.6 Å². The molecule has 0 aromatic carbocycles. The second kappa shape index (κ2) is 13.2. The smallest absolute Gasteiger partial charge is 0.327 e. The van der Waals surface area contributed by atoms with Crippen molar-refractivity contribution in [3.63, 3.8) is 0 Å². The first-order valence-electron chi connectivity index (χ1n) is 11.0.